The summed E-state index contributed by atoms with van der Waals surface area (Å²) < 4.78 is 0. The van der Waals surface area contributed by atoms with E-state index in [-0.39, 0.29) is 0 Å². The van der Waals surface area contributed by atoms with Crippen LogP contribution in [0.2, 0.25) is 0 Å². The SMILES string of the molecule is CC1CC(C)CC(NC(C)(C)C(=O)O)C1. The molecule has 0 amide bonds. The van der Waals surface area contributed by atoms with E-state index >= 15 is 0 Å². The standard InChI is InChI=1S/C12H23NO2/c1-8-5-9(2)7-10(6-8)13-12(3,4)11(14)15/h8-10,13H,5-7H2,1-4H3,(H,14,15). The maximum atomic E-state index is 11.0. The van der Waals surface area contributed by atoms with Gasteiger partial charge >= 0.3 is 5.97 Å². The highest BCUT2D eigenvalue weighted by Gasteiger charge is 2.32. The monoisotopic (exact) mass is 213 g/mol. The molecule has 1 saturated carbocycles. The Morgan fingerprint density at radius 2 is 1.67 bits per heavy atom. The first-order valence-corrected chi connectivity index (χ1v) is 5.82. The van der Waals surface area contributed by atoms with Gasteiger partial charge in [-0.15, -0.1) is 0 Å². The molecule has 0 radical (unpaired) electrons. The van der Waals surface area contributed by atoms with Gasteiger partial charge in [0.05, 0.1) is 0 Å². The summed E-state index contributed by atoms with van der Waals surface area (Å²) in [7, 11) is 0. The molecule has 2 unspecified atom stereocenters. The van der Waals surface area contributed by atoms with Crippen molar-refractivity contribution in [2.24, 2.45) is 11.8 Å². The van der Waals surface area contributed by atoms with Crippen LogP contribution in [0.1, 0.15) is 47.0 Å². The Morgan fingerprint density at radius 3 is 2.07 bits per heavy atom. The highest BCUT2D eigenvalue weighted by molar-refractivity contribution is 5.77. The van der Waals surface area contributed by atoms with E-state index in [1.165, 1.54) is 6.42 Å². The van der Waals surface area contributed by atoms with Gasteiger partial charge in [0.2, 0.25) is 0 Å². The normalized spacial score (nSPS) is 32.7. The summed E-state index contributed by atoms with van der Waals surface area (Å²) in [5.74, 6) is 0.639. The van der Waals surface area contributed by atoms with Crippen LogP contribution in [0.3, 0.4) is 0 Å². The maximum absolute atomic E-state index is 11.0. The van der Waals surface area contributed by atoms with Crippen molar-refractivity contribution in [3.63, 3.8) is 0 Å². The summed E-state index contributed by atoms with van der Waals surface area (Å²) >= 11 is 0. The van der Waals surface area contributed by atoms with Crippen LogP contribution >= 0.6 is 0 Å². The van der Waals surface area contributed by atoms with Gasteiger partial charge < -0.3 is 5.11 Å². The van der Waals surface area contributed by atoms with Gasteiger partial charge in [0.15, 0.2) is 0 Å². The lowest BCUT2D eigenvalue weighted by Crippen LogP contribution is -2.53. The topological polar surface area (TPSA) is 49.3 Å². The second-order valence-corrected chi connectivity index (χ2v) is 5.69. The van der Waals surface area contributed by atoms with Crippen LogP contribution in [0.25, 0.3) is 0 Å². The summed E-state index contributed by atoms with van der Waals surface area (Å²) in [6.45, 7) is 7.97. The van der Waals surface area contributed by atoms with Crippen LogP contribution in [0.5, 0.6) is 0 Å². The van der Waals surface area contributed by atoms with Crippen molar-refractivity contribution in [2.75, 3.05) is 0 Å². The number of carbonyl (C=O) groups is 1. The van der Waals surface area contributed by atoms with Crippen LogP contribution in [0, 0.1) is 11.8 Å². The van der Waals surface area contributed by atoms with Crippen molar-refractivity contribution in [3.05, 3.63) is 0 Å². The predicted octanol–water partition coefficient (Wildman–Crippen LogP) is 2.26. The summed E-state index contributed by atoms with van der Waals surface area (Å²) in [6, 6.07) is 0.356. The molecule has 1 fully saturated rings. The number of hydrogen-bond acceptors (Lipinski definition) is 2. The number of hydrogen-bond donors (Lipinski definition) is 2. The zero-order chi connectivity index (χ0) is 11.6. The third-order valence-electron chi connectivity index (χ3n) is 3.28. The third kappa shape index (κ3) is 3.49. The Hall–Kier alpha value is -0.570. The van der Waals surface area contributed by atoms with E-state index in [1.807, 2.05) is 0 Å². The van der Waals surface area contributed by atoms with E-state index in [1.54, 1.807) is 13.8 Å². The van der Waals surface area contributed by atoms with Crippen LogP contribution in [0.4, 0.5) is 0 Å². The first kappa shape index (κ1) is 12.5. The van der Waals surface area contributed by atoms with Gasteiger partial charge in [-0.05, 0) is 44.9 Å². The summed E-state index contributed by atoms with van der Waals surface area (Å²) in [6.07, 6.45) is 3.47. The van der Waals surface area contributed by atoms with Crippen molar-refractivity contribution in [3.8, 4) is 0 Å². The number of carboxylic acid groups (broad SMARTS) is 1. The highest BCUT2D eigenvalue weighted by Crippen LogP contribution is 2.29. The molecule has 88 valence electrons. The molecule has 0 aliphatic heterocycles. The summed E-state index contributed by atoms with van der Waals surface area (Å²) in [5, 5.41) is 12.3. The van der Waals surface area contributed by atoms with Crippen molar-refractivity contribution in [1.29, 1.82) is 0 Å². The van der Waals surface area contributed by atoms with E-state index in [0.717, 1.165) is 12.8 Å². The maximum Gasteiger partial charge on any atom is 0.323 e. The van der Waals surface area contributed by atoms with E-state index in [9.17, 15) is 4.79 Å². The van der Waals surface area contributed by atoms with Gasteiger partial charge in [0, 0.05) is 6.04 Å². The van der Waals surface area contributed by atoms with Crippen LogP contribution in [-0.2, 0) is 4.79 Å². The van der Waals surface area contributed by atoms with Crippen molar-refractivity contribution < 1.29 is 9.90 Å². The molecule has 0 bridgehead atoms. The molecule has 1 aliphatic carbocycles. The molecular weight excluding hydrogens is 190 g/mol. The molecule has 0 saturated heterocycles. The summed E-state index contributed by atoms with van der Waals surface area (Å²) in [4.78, 5) is 11.0. The smallest absolute Gasteiger partial charge is 0.323 e. The Balaban J connectivity index is 2.54. The number of aliphatic carboxylic acids is 1. The summed E-state index contributed by atoms with van der Waals surface area (Å²) in [5.41, 5.74) is -0.804. The van der Waals surface area contributed by atoms with Gasteiger partial charge in [-0.2, -0.15) is 0 Å². The fourth-order valence-corrected chi connectivity index (χ4v) is 2.64. The second kappa shape index (κ2) is 4.52. The van der Waals surface area contributed by atoms with E-state index < -0.39 is 11.5 Å². The molecular formula is C12H23NO2. The van der Waals surface area contributed by atoms with E-state index in [4.69, 9.17) is 5.11 Å². The molecule has 0 aromatic carbocycles. The van der Waals surface area contributed by atoms with Gasteiger partial charge in [0.1, 0.15) is 5.54 Å². The van der Waals surface area contributed by atoms with Crippen molar-refractivity contribution in [2.45, 2.75) is 58.5 Å². The van der Waals surface area contributed by atoms with Crippen molar-refractivity contribution >= 4 is 5.97 Å². The van der Waals surface area contributed by atoms with Crippen LogP contribution in [-0.4, -0.2) is 22.7 Å². The molecule has 15 heavy (non-hydrogen) atoms. The van der Waals surface area contributed by atoms with Crippen molar-refractivity contribution in [1.82, 2.24) is 5.32 Å². The Labute approximate surface area is 92.3 Å². The zero-order valence-corrected chi connectivity index (χ0v) is 10.2. The molecule has 2 atom stereocenters. The lowest BCUT2D eigenvalue weighted by atomic mass is 9.79. The molecule has 2 N–H and O–H groups in total. The average molecular weight is 213 g/mol. The molecule has 3 heteroatoms. The average Bonchev–Trinajstić information content (AvgIpc) is 1.99. The van der Waals surface area contributed by atoms with Gasteiger partial charge in [-0.1, -0.05) is 13.8 Å². The lowest BCUT2D eigenvalue weighted by Gasteiger charge is -2.36. The fraction of sp³-hybridized carbons (Fsp3) is 0.917. The molecule has 3 nitrogen and oxygen atoms in total. The Morgan fingerprint density at radius 1 is 1.20 bits per heavy atom. The van der Waals surface area contributed by atoms with Crippen LogP contribution < -0.4 is 5.32 Å². The van der Waals surface area contributed by atoms with Gasteiger partial charge in [0.25, 0.3) is 0 Å². The lowest BCUT2D eigenvalue weighted by molar-refractivity contribution is -0.144. The number of nitrogens with one attached hydrogen (secondary N) is 1. The second-order valence-electron chi connectivity index (χ2n) is 5.69. The number of rotatable bonds is 3. The minimum atomic E-state index is -0.804. The molecule has 0 aromatic rings. The van der Waals surface area contributed by atoms with E-state index in [0.29, 0.717) is 17.9 Å². The molecule has 0 spiro atoms. The van der Waals surface area contributed by atoms with Gasteiger partial charge in [-0.25, -0.2) is 0 Å². The zero-order valence-electron chi connectivity index (χ0n) is 10.2. The van der Waals surface area contributed by atoms with Gasteiger partial charge in [-0.3, -0.25) is 10.1 Å². The molecule has 1 rings (SSSR count). The molecule has 0 aromatic heterocycles. The number of carboxylic acids is 1. The first-order valence-electron chi connectivity index (χ1n) is 5.82. The Bertz CT molecular complexity index is 228. The quantitative estimate of drug-likeness (QED) is 0.756. The third-order valence-corrected chi connectivity index (χ3v) is 3.28. The largest absolute Gasteiger partial charge is 0.480 e. The van der Waals surface area contributed by atoms with Crippen LogP contribution in [0.15, 0.2) is 0 Å². The molecule has 0 heterocycles. The minimum absolute atomic E-state index is 0.356. The van der Waals surface area contributed by atoms with E-state index in [2.05, 4.69) is 19.2 Å². The minimum Gasteiger partial charge on any atom is -0.480 e. The highest BCUT2D eigenvalue weighted by atomic mass is 16.4. The first-order chi connectivity index (χ1) is 6.81. The Kier molecular flexibility index (Phi) is 3.77. The predicted molar refractivity (Wildman–Crippen MR) is 60.8 cm³/mol. The fourth-order valence-electron chi connectivity index (χ4n) is 2.64. The molecule has 1 aliphatic rings.